The Kier molecular flexibility index (Phi) is 5.27. The van der Waals surface area contributed by atoms with Crippen molar-refractivity contribution < 1.29 is 24.3 Å². The molecule has 0 heterocycles. The number of methoxy groups -OCH3 is 1. The number of rotatable bonds is 6. The molecular weight excluding hydrogens is 302 g/mol. The number of aliphatic hydroxyl groups is 1. The highest BCUT2D eigenvalue weighted by Crippen LogP contribution is 2.31. The van der Waals surface area contributed by atoms with Gasteiger partial charge in [-0.15, -0.1) is 0 Å². The smallest absolute Gasteiger partial charge is 0.343 e. The van der Waals surface area contributed by atoms with Crippen molar-refractivity contribution in [2.24, 2.45) is 0 Å². The van der Waals surface area contributed by atoms with Gasteiger partial charge in [0.25, 0.3) is 0 Å². The molecule has 0 bridgehead atoms. The predicted octanol–water partition coefficient (Wildman–Crippen LogP) is 2.22. The molecule has 120 valence electrons. The van der Waals surface area contributed by atoms with Crippen molar-refractivity contribution >= 4 is 5.97 Å². The Morgan fingerprint density at radius 1 is 1.22 bits per heavy atom. The van der Waals surface area contributed by atoms with Gasteiger partial charge in [0.15, 0.2) is 11.5 Å². The summed E-state index contributed by atoms with van der Waals surface area (Å²) in [6.07, 6.45) is -1.27. The Bertz CT molecular complexity index is 701. The molecule has 7 nitrogen and oxygen atoms in total. The maximum absolute atomic E-state index is 12.0. The van der Waals surface area contributed by atoms with Crippen molar-refractivity contribution in [1.82, 2.24) is 0 Å². The topological polar surface area (TPSA) is 98.9 Å². The lowest BCUT2D eigenvalue weighted by Crippen LogP contribution is -2.12. The summed E-state index contributed by atoms with van der Waals surface area (Å²) in [4.78, 5) is 21.9. The van der Waals surface area contributed by atoms with Crippen LogP contribution in [-0.4, -0.2) is 29.7 Å². The zero-order chi connectivity index (χ0) is 16.8. The number of nitro groups is 1. The van der Waals surface area contributed by atoms with Gasteiger partial charge in [-0.2, -0.15) is 0 Å². The van der Waals surface area contributed by atoms with Crippen LogP contribution in [0.15, 0.2) is 48.5 Å². The number of hydrogen-bond acceptors (Lipinski definition) is 6. The van der Waals surface area contributed by atoms with E-state index in [1.54, 1.807) is 30.3 Å². The normalized spacial score (nSPS) is 11.6. The lowest BCUT2D eigenvalue weighted by Gasteiger charge is -2.12. The molecule has 2 rings (SSSR count). The Morgan fingerprint density at radius 3 is 2.52 bits per heavy atom. The lowest BCUT2D eigenvalue weighted by molar-refractivity contribution is -0.491. The van der Waals surface area contributed by atoms with Crippen LogP contribution < -0.4 is 9.47 Å². The summed E-state index contributed by atoms with van der Waals surface area (Å²) >= 11 is 0. The molecule has 0 unspecified atom stereocenters. The van der Waals surface area contributed by atoms with Crippen LogP contribution in [0.5, 0.6) is 11.5 Å². The summed E-state index contributed by atoms with van der Waals surface area (Å²) in [5.41, 5.74) is 0.685. The molecule has 0 aliphatic heterocycles. The number of aliphatic hydroxyl groups excluding tert-OH is 1. The number of hydrogen-bond donors (Lipinski definition) is 1. The van der Waals surface area contributed by atoms with Gasteiger partial charge in [-0.3, -0.25) is 10.1 Å². The molecular formula is C16H15NO6. The monoisotopic (exact) mass is 317 g/mol. The molecule has 0 aliphatic rings. The largest absolute Gasteiger partial charge is 0.493 e. The molecule has 2 aromatic carbocycles. The van der Waals surface area contributed by atoms with Crippen molar-refractivity contribution in [2.45, 2.75) is 6.10 Å². The van der Waals surface area contributed by atoms with Crippen LogP contribution in [0.4, 0.5) is 0 Å². The highest BCUT2D eigenvalue weighted by molar-refractivity contribution is 5.91. The standard InChI is InChI=1S/C16H15NO6/c1-22-15-9-12(13(18)10-17(20)21)7-8-14(15)23-16(19)11-5-3-2-4-6-11/h2-9,13,18H,10H2,1H3/t13-/m0/s1. The van der Waals surface area contributed by atoms with Gasteiger partial charge in [0, 0.05) is 4.92 Å². The number of ether oxygens (including phenoxy) is 2. The maximum Gasteiger partial charge on any atom is 0.343 e. The van der Waals surface area contributed by atoms with Crippen LogP contribution in [0, 0.1) is 10.1 Å². The van der Waals surface area contributed by atoms with Crippen LogP contribution in [0.3, 0.4) is 0 Å². The lowest BCUT2D eigenvalue weighted by atomic mass is 10.1. The third-order valence-corrected chi connectivity index (χ3v) is 3.11. The van der Waals surface area contributed by atoms with E-state index in [1.165, 1.54) is 25.3 Å². The number of carbonyl (C=O) groups is 1. The Morgan fingerprint density at radius 2 is 1.91 bits per heavy atom. The Hall–Kier alpha value is -2.93. The highest BCUT2D eigenvalue weighted by atomic mass is 16.6. The van der Waals surface area contributed by atoms with E-state index >= 15 is 0 Å². The average Bonchev–Trinajstić information content (AvgIpc) is 2.55. The third kappa shape index (κ3) is 4.27. The average molecular weight is 317 g/mol. The molecule has 0 saturated carbocycles. The minimum atomic E-state index is -1.27. The van der Waals surface area contributed by atoms with Crippen molar-refractivity contribution in [3.63, 3.8) is 0 Å². The van der Waals surface area contributed by atoms with E-state index in [9.17, 15) is 20.0 Å². The fourth-order valence-electron chi connectivity index (χ4n) is 1.96. The highest BCUT2D eigenvalue weighted by Gasteiger charge is 2.18. The number of esters is 1. The summed E-state index contributed by atoms with van der Waals surface area (Å²) in [6.45, 7) is -0.619. The predicted molar refractivity (Wildman–Crippen MR) is 81.2 cm³/mol. The van der Waals surface area contributed by atoms with E-state index in [0.29, 0.717) is 11.1 Å². The first kappa shape index (κ1) is 16.4. The molecule has 0 amide bonds. The van der Waals surface area contributed by atoms with E-state index in [1.807, 2.05) is 0 Å². The molecule has 1 atom stereocenters. The third-order valence-electron chi connectivity index (χ3n) is 3.11. The molecule has 0 saturated heterocycles. The van der Waals surface area contributed by atoms with Gasteiger partial charge in [-0.1, -0.05) is 24.3 Å². The van der Waals surface area contributed by atoms with Crippen molar-refractivity contribution in [1.29, 1.82) is 0 Å². The molecule has 0 fully saturated rings. The molecule has 7 heteroatoms. The SMILES string of the molecule is COc1cc([C@@H](O)C[N+](=O)[O-])ccc1OC(=O)c1ccccc1. The molecule has 23 heavy (non-hydrogen) atoms. The Balaban J connectivity index is 2.20. The van der Waals surface area contributed by atoms with Gasteiger partial charge in [0.1, 0.15) is 6.10 Å². The van der Waals surface area contributed by atoms with Gasteiger partial charge in [-0.05, 0) is 29.8 Å². The van der Waals surface area contributed by atoms with Gasteiger partial charge in [-0.25, -0.2) is 4.79 Å². The first-order valence-corrected chi connectivity index (χ1v) is 6.76. The van der Waals surface area contributed by atoms with E-state index in [4.69, 9.17) is 9.47 Å². The molecule has 1 N–H and O–H groups in total. The summed E-state index contributed by atoms with van der Waals surface area (Å²) in [6, 6.07) is 12.7. The molecule has 0 aromatic heterocycles. The summed E-state index contributed by atoms with van der Waals surface area (Å²) < 4.78 is 10.4. The van der Waals surface area contributed by atoms with Crippen molar-refractivity contribution in [3.05, 3.63) is 69.8 Å². The fraction of sp³-hybridized carbons (Fsp3) is 0.188. The zero-order valence-corrected chi connectivity index (χ0v) is 12.3. The van der Waals surface area contributed by atoms with Crippen LogP contribution in [0.25, 0.3) is 0 Å². The first-order chi connectivity index (χ1) is 11.0. The molecule has 0 aliphatic carbocycles. The zero-order valence-electron chi connectivity index (χ0n) is 12.3. The van der Waals surface area contributed by atoms with Crippen LogP contribution in [-0.2, 0) is 0 Å². The minimum Gasteiger partial charge on any atom is -0.493 e. The van der Waals surface area contributed by atoms with E-state index in [-0.39, 0.29) is 11.5 Å². The number of carbonyl (C=O) groups excluding carboxylic acids is 1. The van der Waals surface area contributed by atoms with Gasteiger partial charge in [0.05, 0.1) is 12.7 Å². The number of nitrogens with zero attached hydrogens (tertiary/aromatic N) is 1. The first-order valence-electron chi connectivity index (χ1n) is 6.76. The van der Waals surface area contributed by atoms with Gasteiger partial charge in [0.2, 0.25) is 6.54 Å². The second-order valence-corrected chi connectivity index (χ2v) is 4.70. The quantitative estimate of drug-likeness (QED) is 0.379. The van der Waals surface area contributed by atoms with E-state index < -0.39 is 23.5 Å². The second-order valence-electron chi connectivity index (χ2n) is 4.70. The van der Waals surface area contributed by atoms with Crippen LogP contribution in [0.1, 0.15) is 22.0 Å². The summed E-state index contributed by atoms with van der Waals surface area (Å²) in [5, 5.41) is 20.2. The Labute approximate surface area is 132 Å². The van der Waals surface area contributed by atoms with Crippen LogP contribution >= 0.6 is 0 Å². The van der Waals surface area contributed by atoms with Crippen molar-refractivity contribution in [2.75, 3.05) is 13.7 Å². The summed E-state index contributed by atoms with van der Waals surface area (Å²) in [7, 11) is 1.37. The maximum atomic E-state index is 12.0. The summed E-state index contributed by atoms with van der Waals surface area (Å²) in [5.74, 6) is -0.185. The minimum absolute atomic E-state index is 0.165. The molecule has 2 aromatic rings. The fourth-order valence-corrected chi connectivity index (χ4v) is 1.96. The van der Waals surface area contributed by atoms with Gasteiger partial charge < -0.3 is 14.6 Å². The van der Waals surface area contributed by atoms with E-state index in [2.05, 4.69) is 0 Å². The number of benzene rings is 2. The molecule has 0 radical (unpaired) electrons. The van der Waals surface area contributed by atoms with Crippen molar-refractivity contribution in [3.8, 4) is 11.5 Å². The molecule has 0 spiro atoms. The van der Waals surface area contributed by atoms with E-state index in [0.717, 1.165) is 0 Å². The van der Waals surface area contributed by atoms with Gasteiger partial charge >= 0.3 is 5.97 Å². The second kappa shape index (κ2) is 7.37. The van der Waals surface area contributed by atoms with Crippen LogP contribution in [0.2, 0.25) is 0 Å².